The Morgan fingerprint density at radius 1 is 1.23 bits per heavy atom. The quantitative estimate of drug-likeness (QED) is 0.235. The van der Waals surface area contributed by atoms with Gasteiger partial charge in [0.05, 0.1) is 12.2 Å². The molecule has 0 aliphatic carbocycles. The zero-order chi connectivity index (χ0) is 23.6. The Hall–Kier alpha value is -2.44. The summed E-state index contributed by atoms with van der Waals surface area (Å²) >= 11 is 6.79. The number of hydrogen-bond donors (Lipinski definition) is 0. The van der Waals surface area contributed by atoms with Gasteiger partial charge in [-0.2, -0.15) is 0 Å². The maximum Gasteiger partial charge on any atom is 0.573 e. The van der Waals surface area contributed by atoms with Gasteiger partial charge in [-0.25, -0.2) is 9.97 Å². The van der Waals surface area contributed by atoms with Crippen LogP contribution in [0.4, 0.5) is 13.2 Å². The van der Waals surface area contributed by atoms with Gasteiger partial charge in [-0.15, -0.1) is 24.8 Å². The summed E-state index contributed by atoms with van der Waals surface area (Å²) in [5.41, 5.74) is 1.83. The second-order valence-corrected chi connectivity index (χ2v) is 6.89. The number of benzene rings is 1. The Kier molecular flexibility index (Phi) is 10.7. The maximum absolute atomic E-state index is 12.4. The van der Waals surface area contributed by atoms with Crippen molar-refractivity contribution in [1.29, 1.82) is 0 Å². The third-order valence-electron chi connectivity index (χ3n) is 3.68. The Morgan fingerprint density at radius 3 is 2.35 bits per heavy atom. The zero-order valence-corrected chi connectivity index (χ0v) is 19.4. The first-order valence-electron chi connectivity index (χ1n) is 9.26. The number of amides is 1. The molecule has 1 heterocycles. The Labute approximate surface area is 189 Å². The van der Waals surface area contributed by atoms with Gasteiger partial charge < -0.3 is 9.64 Å². The molecule has 0 aliphatic rings. The minimum atomic E-state index is -4.76. The van der Waals surface area contributed by atoms with Crippen molar-refractivity contribution >= 4 is 29.3 Å². The van der Waals surface area contributed by atoms with E-state index in [4.69, 9.17) is 11.6 Å². The molecular formula is C21H23ClF3N3O2S. The van der Waals surface area contributed by atoms with E-state index < -0.39 is 6.36 Å². The number of halogens is 4. The molecule has 31 heavy (non-hydrogen) atoms. The summed E-state index contributed by atoms with van der Waals surface area (Å²) in [5.74, 6) is 2.35. The van der Waals surface area contributed by atoms with Crippen molar-refractivity contribution in [3.05, 3.63) is 35.7 Å². The largest absolute Gasteiger partial charge is 0.573 e. The van der Waals surface area contributed by atoms with E-state index in [2.05, 4.69) is 25.9 Å². The monoisotopic (exact) mass is 473 g/mol. The molecule has 0 spiro atoms. The van der Waals surface area contributed by atoms with Crippen molar-refractivity contribution in [2.75, 3.05) is 12.9 Å². The lowest BCUT2D eigenvalue weighted by Gasteiger charge is -2.17. The van der Waals surface area contributed by atoms with Crippen LogP contribution in [0, 0.1) is 18.1 Å². The standard InChI is InChI=1S/C19H17ClF3N3O2S.C2H6/c1-4-9-29-18-12(2)17(24-15(25-18)11-26(3)16(27)10-20)13-5-7-14(8-6-13)28-19(21,22)23;1-2/h5-8H,10-11H2,1-3H3;1-2H3. The highest BCUT2D eigenvalue weighted by Gasteiger charge is 2.31. The Balaban J connectivity index is 0.00000233. The molecule has 0 N–H and O–H groups in total. The zero-order valence-electron chi connectivity index (χ0n) is 17.8. The molecule has 2 rings (SSSR count). The second kappa shape index (κ2) is 12.4. The van der Waals surface area contributed by atoms with Crippen LogP contribution >= 0.6 is 23.4 Å². The van der Waals surface area contributed by atoms with Crippen LogP contribution in [0.3, 0.4) is 0 Å². The predicted octanol–water partition coefficient (Wildman–Crippen LogP) is 5.65. The van der Waals surface area contributed by atoms with Crippen LogP contribution in [0.2, 0.25) is 0 Å². The molecule has 0 saturated carbocycles. The van der Waals surface area contributed by atoms with Gasteiger partial charge in [-0.3, -0.25) is 4.79 Å². The van der Waals surface area contributed by atoms with Gasteiger partial charge in [0.2, 0.25) is 5.91 Å². The van der Waals surface area contributed by atoms with Gasteiger partial charge in [-0.1, -0.05) is 19.8 Å². The molecule has 0 aliphatic heterocycles. The van der Waals surface area contributed by atoms with Gasteiger partial charge in [0.15, 0.2) is 0 Å². The van der Waals surface area contributed by atoms with E-state index in [1.54, 1.807) is 20.9 Å². The van der Waals surface area contributed by atoms with Gasteiger partial charge >= 0.3 is 6.36 Å². The summed E-state index contributed by atoms with van der Waals surface area (Å²) in [5, 5.41) is 3.46. The molecule has 0 unspecified atom stereocenters. The lowest BCUT2D eigenvalue weighted by Crippen LogP contribution is -2.28. The highest BCUT2D eigenvalue weighted by Crippen LogP contribution is 2.31. The van der Waals surface area contributed by atoms with Crippen LogP contribution in [0.25, 0.3) is 11.3 Å². The number of carbonyl (C=O) groups excluding carboxylic acids is 1. The Bertz CT molecular complexity index is 942. The third kappa shape index (κ3) is 8.31. The highest BCUT2D eigenvalue weighted by molar-refractivity contribution is 8.03. The predicted molar refractivity (Wildman–Crippen MR) is 117 cm³/mol. The highest BCUT2D eigenvalue weighted by atomic mass is 35.5. The molecule has 0 saturated heterocycles. The van der Waals surface area contributed by atoms with Crippen LogP contribution in [0.15, 0.2) is 29.3 Å². The van der Waals surface area contributed by atoms with Crippen molar-refractivity contribution in [3.8, 4) is 28.2 Å². The minimum absolute atomic E-state index is 0.126. The van der Waals surface area contributed by atoms with E-state index in [1.807, 2.05) is 13.8 Å². The SMILES string of the molecule is CC.CC#CSc1nc(CN(C)C(=O)CCl)nc(-c2ccc(OC(F)(F)F)cc2)c1C. The van der Waals surface area contributed by atoms with E-state index in [-0.39, 0.29) is 24.1 Å². The fourth-order valence-corrected chi connectivity index (χ4v) is 3.11. The number of carbonyl (C=O) groups is 1. The van der Waals surface area contributed by atoms with Crippen LogP contribution in [-0.4, -0.2) is 40.1 Å². The fourth-order valence-electron chi connectivity index (χ4n) is 2.31. The van der Waals surface area contributed by atoms with E-state index >= 15 is 0 Å². The van der Waals surface area contributed by atoms with Crippen molar-refractivity contribution in [2.45, 2.75) is 45.6 Å². The summed E-state index contributed by atoms with van der Waals surface area (Å²) in [6.07, 6.45) is -4.76. The maximum atomic E-state index is 12.4. The average molecular weight is 474 g/mol. The van der Waals surface area contributed by atoms with E-state index in [0.29, 0.717) is 22.1 Å². The van der Waals surface area contributed by atoms with E-state index in [0.717, 1.165) is 5.56 Å². The Morgan fingerprint density at radius 2 is 1.84 bits per heavy atom. The molecule has 1 amide bonds. The summed E-state index contributed by atoms with van der Waals surface area (Å²) in [7, 11) is 1.58. The van der Waals surface area contributed by atoms with Crippen molar-refractivity contribution in [3.63, 3.8) is 0 Å². The summed E-state index contributed by atoms with van der Waals surface area (Å²) < 4.78 is 41.0. The molecule has 0 bridgehead atoms. The van der Waals surface area contributed by atoms with Crippen LogP contribution in [0.1, 0.15) is 32.2 Å². The second-order valence-electron chi connectivity index (χ2n) is 5.83. The molecule has 1 aromatic heterocycles. The van der Waals surface area contributed by atoms with Gasteiger partial charge in [0, 0.05) is 18.2 Å². The normalized spacial score (nSPS) is 10.4. The van der Waals surface area contributed by atoms with Crippen LogP contribution in [-0.2, 0) is 11.3 Å². The number of aromatic nitrogens is 2. The summed E-state index contributed by atoms with van der Waals surface area (Å²) in [6, 6.07) is 5.39. The molecule has 5 nitrogen and oxygen atoms in total. The number of thioether (sulfide) groups is 1. The van der Waals surface area contributed by atoms with Gasteiger partial charge in [0.25, 0.3) is 0 Å². The van der Waals surface area contributed by atoms with Gasteiger partial charge in [0.1, 0.15) is 22.5 Å². The topological polar surface area (TPSA) is 55.3 Å². The molecule has 1 aromatic carbocycles. The molecule has 10 heteroatoms. The molecule has 0 fully saturated rings. The minimum Gasteiger partial charge on any atom is -0.406 e. The number of hydrogen-bond acceptors (Lipinski definition) is 5. The lowest BCUT2D eigenvalue weighted by atomic mass is 10.1. The molecule has 2 aromatic rings. The van der Waals surface area contributed by atoms with Crippen LogP contribution < -0.4 is 4.74 Å². The van der Waals surface area contributed by atoms with Gasteiger partial charge in [-0.05, 0) is 55.1 Å². The summed E-state index contributed by atoms with van der Waals surface area (Å²) in [6.45, 7) is 7.62. The van der Waals surface area contributed by atoms with Crippen molar-refractivity contribution < 1.29 is 22.7 Å². The van der Waals surface area contributed by atoms with Crippen molar-refractivity contribution in [2.24, 2.45) is 0 Å². The fraction of sp³-hybridized carbons (Fsp3) is 0.381. The lowest BCUT2D eigenvalue weighted by molar-refractivity contribution is -0.274. The average Bonchev–Trinajstić information content (AvgIpc) is 2.74. The number of rotatable bonds is 6. The third-order valence-corrected chi connectivity index (χ3v) is 4.80. The molecular weight excluding hydrogens is 451 g/mol. The first kappa shape index (κ1) is 26.6. The number of nitrogens with zero attached hydrogens (tertiary/aromatic N) is 3. The number of alkyl halides is 4. The number of ether oxygens (including phenoxy) is 1. The summed E-state index contributed by atoms with van der Waals surface area (Å²) in [4.78, 5) is 22.1. The molecule has 168 valence electrons. The molecule has 0 atom stereocenters. The molecule has 0 radical (unpaired) electrons. The first-order chi connectivity index (χ1) is 14.6. The van der Waals surface area contributed by atoms with E-state index in [1.165, 1.54) is 40.9 Å². The van der Waals surface area contributed by atoms with Crippen molar-refractivity contribution in [1.82, 2.24) is 14.9 Å². The smallest absolute Gasteiger partial charge is 0.406 e. The van der Waals surface area contributed by atoms with Crippen LogP contribution in [0.5, 0.6) is 5.75 Å². The van der Waals surface area contributed by atoms with E-state index in [9.17, 15) is 18.0 Å². The first-order valence-corrected chi connectivity index (χ1v) is 10.6.